The lowest BCUT2D eigenvalue weighted by atomic mass is 10.1. The Kier molecular flexibility index (Phi) is 2.10. The molecule has 4 nitrogen and oxygen atoms in total. The summed E-state index contributed by atoms with van der Waals surface area (Å²) in [6.07, 6.45) is 0. The van der Waals surface area contributed by atoms with Crippen LogP contribution >= 0.6 is 0 Å². The number of phenolic OH excluding ortho intramolecular Hbond substituents is 2. The van der Waals surface area contributed by atoms with E-state index < -0.39 is 0 Å². The second kappa shape index (κ2) is 2.91. The minimum Gasteiger partial charge on any atom is -0.504 e. The highest BCUT2D eigenvalue weighted by molar-refractivity contribution is 5.57. The number of nitrogen functional groups attached to an aromatic ring is 1. The van der Waals surface area contributed by atoms with Crippen LogP contribution in [0.3, 0.4) is 0 Å². The first-order chi connectivity index (χ1) is 5.52. The molecule has 0 saturated heterocycles. The van der Waals surface area contributed by atoms with E-state index >= 15 is 0 Å². The van der Waals surface area contributed by atoms with Gasteiger partial charge in [-0.05, 0) is 18.6 Å². The molecule has 1 rings (SSSR count). The van der Waals surface area contributed by atoms with Gasteiger partial charge in [0.15, 0.2) is 11.5 Å². The fourth-order valence-corrected chi connectivity index (χ4v) is 1.00. The van der Waals surface area contributed by atoms with Crippen LogP contribution in [0.15, 0.2) is 12.1 Å². The summed E-state index contributed by atoms with van der Waals surface area (Å²) >= 11 is 0. The molecule has 6 N–H and O–H groups in total. The Morgan fingerprint density at radius 2 is 1.75 bits per heavy atom. The molecule has 1 aromatic rings. The van der Waals surface area contributed by atoms with Gasteiger partial charge >= 0.3 is 0 Å². The summed E-state index contributed by atoms with van der Waals surface area (Å²) in [4.78, 5) is 0. The summed E-state index contributed by atoms with van der Waals surface area (Å²) in [7, 11) is 0. The van der Waals surface area contributed by atoms with Crippen LogP contribution in [0, 0.1) is 0 Å². The topological polar surface area (TPSA) is 92.5 Å². The van der Waals surface area contributed by atoms with Crippen molar-refractivity contribution >= 4 is 5.69 Å². The van der Waals surface area contributed by atoms with Crippen LogP contribution < -0.4 is 11.5 Å². The van der Waals surface area contributed by atoms with E-state index in [0.717, 1.165) is 0 Å². The Morgan fingerprint density at radius 1 is 1.25 bits per heavy atom. The first-order valence-corrected chi connectivity index (χ1v) is 3.59. The summed E-state index contributed by atoms with van der Waals surface area (Å²) in [5, 5.41) is 18.1. The first-order valence-electron chi connectivity index (χ1n) is 3.59. The molecule has 0 spiro atoms. The summed E-state index contributed by atoms with van der Waals surface area (Å²) in [6, 6.07) is 2.40. The molecule has 0 fully saturated rings. The van der Waals surface area contributed by atoms with Gasteiger partial charge < -0.3 is 21.7 Å². The highest BCUT2D eigenvalue weighted by Crippen LogP contribution is 2.31. The predicted molar refractivity (Wildman–Crippen MR) is 46.8 cm³/mol. The summed E-state index contributed by atoms with van der Waals surface area (Å²) in [6.45, 7) is 1.75. The number of hydrogen-bond acceptors (Lipinski definition) is 4. The zero-order valence-corrected chi connectivity index (χ0v) is 6.78. The van der Waals surface area contributed by atoms with Gasteiger partial charge in [0.05, 0.1) is 0 Å². The van der Waals surface area contributed by atoms with Crippen LogP contribution in [0.4, 0.5) is 5.69 Å². The smallest absolute Gasteiger partial charge is 0.159 e. The number of anilines is 1. The molecule has 0 saturated carbocycles. The monoisotopic (exact) mass is 168 g/mol. The van der Waals surface area contributed by atoms with E-state index in [1.54, 1.807) is 6.92 Å². The van der Waals surface area contributed by atoms with Crippen molar-refractivity contribution in [2.45, 2.75) is 13.0 Å². The Bertz CT molecular complexity index is 297. The maximum atomic E-state index is 9.11. The van der Waals surface area contributed by atoms with Crippen molar-refractivity contribution in [2.24, 2.45) is 5.73 Å². The third-order valence-electron chi connectivity index (χ3n) is 1.67. The van der Waals surface area contributed by atoms with Gasteiger partial charge in [-0.2, -0.15) is 0 Å². The van der Waals surface area contributed by atoms with Crippen LogP contribution in [-0.4, -0.2) is 10.2 Å². The molecule has 66 valence electrons. The molecule has 0 aromatic heterocycles. The molecule has 0 amide bonds. The molecular weight excluding hydrogens is 156 g/mol. The van der Waals surface area contributed by atoms with Crippen molar-refractivity contribution in [3.05, 3.63) is 17.7 Å². The van der Waals surface area contributed by atoms with Crippen LogP contribution in [0.1, 0.15) is 18.5 Å². The van der Waals surface area contributed by atoms with Gasteiger partial charge in [-0.1, -0.05) is 0 Å². The average Bonchev–Trinajstić information content (AvgIpc) is 1.96. The molecule has 1 atom stereocenters. The Morgan fingerprint density at radius 3 is 2.25 bits per heavy atom. The molecule has 0 radical (unpaired) electrons. The largest absolute Gasteiger partial charge is 0.504 e. The van der Waals surface area contributed by atoms with E-state index in [4.69, 9.17) is 21.7 Å². The van der Waals surface area contributed by atoms with Gasteiger partial charge in [-0.25, -0.2) is 0 Å². The van der Waals surface area contributed by atoms with Gasteiger partial charge in [0.1, 0.15) is 0 Å². The van der Waals surface area contributed by atoms with Crippen LogP contribution in [0.25, 0.3) is 0 Å². The minimum atomic E-state index is -0.253. The van der Waals surface area contributed by atoms with E-state index in [1.807, 2.05) is 0 Å². The van der Waals surface area contributed by atoms with Gasteiger partial charge in [0.25, 0.3) is 0 Å². The highest BCUT2D eigenvalue weighted by atomic mass is 16.3. The molecule has 1 unspecified atom stereocenters. The van der Waals surface area contributed by atoms with E-state index in [-0.39, 0.29) is 17.5 Å². The lowest BCUT2D eigenvalue weighted by Crippen LogP contribution is -2.07. The Balaban J connectivity index is 3.23. The lowest BCUT2D eigenvalue weighted by Gasteiger charge is -2.10. The van der Waals surface area contributed by atoms with Gasteiger partial charge in [0.2, 0.25) is 0 Å². The van der Waals surface area contributed by atoms with E-state index in [9.17, 15) is 0 Å². The van der Waals surface area contributed by atoms with Crippen molar-refractivity contribution in [3.8, 4) is 11.5 Å². The maximum Gasteiger partial charge on any atom is 0.159 e. The molecule has 0 aliphatic rings. The van der Waals surface area contributed by atoms with E-state index in [2.05, 4.69) is 0 Å². The molecule has 0 aliphatic carbocycles. The highest BCUT2D eigenvalue weighted by Gasteiger charge is 2.08. The van der Waals surface area contributed by atoms with Crippen LogP contribution in [0.2, 0.25) is 0 Å². The van der Waals surface area contributed by atoms with Crippen LogP contribution in [0.5, 0.6) is 11.5 Å². The molecule has 12 heavy (non-hydrogen) atoms. The number of phenols is 2. The standard InChI is InChI=1S/C8H12N2O2/c1-4(9)5-2-7(11)8(12)3-6(5)10/h2-4,11-12H,9-10H2,1H3. The van der Waals surface area contributed by atoms with E-state index in [0.29, 0.717) is 11.3 Å². The number of hydrogen-bond donors (Lipinski definition) is 4. The Hall–Kier alpha value is -1.42. The van der Waals surface area contributed by atoms with Gasteiger partial charge in [-0.15, -0.1) is 0 Å². The minimum absolute atomic E-state index is 0.198. The van der Waals surface area contributed by atoms with E-state index in [1.165, 1.54) is 12.1 Å². The summed E-state index contributed by atoms with van der Waals surface area (Å²) < 4.78 is 0. The van der Waals surface area contributed by atoms with Gasteiger partial charge in [0, 0.05) is 17.8 Å². The second-order valence-corrected chi connectivity index (χ2v) is 2.76. The number of aromatic hydroxyl groups is 2. The van der Waals surface area contributed by atoms with Crippen molar-refractivity contribution in [1.29, 1.82) is 0 Å². The first kappa shape index (κ1) is 8.67. The quantitative estimate of drug-likeness (QED) is 0.282. The molecular formula is C8H12N2O2. The summed E-state index contributed by atoms with van der Waals surface area (Å²) in [5.41, 5.74) is 12.1. The average molecular weight is 168 g/mol. The third kappa shape index (κ3) is 1.43. The van der Waals surface area contributed by atoms with Gasteiger partial charge in [-0.3, -0.25) is 0 Å². The zero-order valence-electron chi connectivity index (χ0n) is 6.78. The molecule has 4 heteroatoms. The SMILES string of the molecule is CC(N)c1cc(O)c(O)cc1N. The van der Waals surface area contributed by atoms with Crippen molar-refractivity contribution in [2.75, 3.05) is 5.73 Å². The number of benzene rings is 1. The van der Waals surface area contributed by atoms with Crippen molar-refractivity contribution < 1.29 is 10.2 Å². The predicted octanol–water partition coefficient (Wildman–Crippen LogP) is 0.700. The van der Waals surface area contributed by atoms with Crippen molar-refractivity contribution in [1.82, 2.24) is 0 Å². The molecule has 1 aromatic carbocycles. The number of nitrogens with two attached hydrogens (primary N) is 2. The fourth-order valence-electron chi connectivity index (χ4n) is 1.00. The zero-order chi connectivity index (χ0) is 9.30. The fraction of sp³-hybridized carbons (Fsp3) is 0.250. The molecule has 0 aliphatic heterocycles. The maximum absolute atomic E-state index is 9.11. The third-order valence-corrected chi connectivity index (χ3v) is 1.67. The second-order valence-electron chi connectivity index (χ2n) is 2.76. The molecule has 0 bridgehead atoms. The molecule has 0 heterocycles. The Labute approximate surface area is 70.4 Å². The van der Waals surface area contributed by atoms with Crippen LogP contribution in [-0.2, 0) is 0 Å². The lowest BCUT2D eigenvalue weighted by molar-refractivity contribution is 0.403. The normalized spacial score (nSPS) is 12.8. The summed E-state index contributed by atoms with van der Waals surface area (Å²) in [5.74, 6) is -0.423. The number of rotatable bonds is 1. The van der Waals surface area contributed by atoms with Crippen molar-refractivity contribution in [3.63, 3.8) is 0 Å².